The van der Waals surface area contributed by atoms with E-state index in [1.54, 1.807) is 0 Å². The third-order valence-corrected chi connectivity index (χ3v) is 4.25. The Hall–Kier alpha value is -0.730. The minimum atomic E-state index is 0.178. The molecule has 0 radical (unpaired) electrons. The van der Waals surface area contributed by atoms with Crippen molar-refractivity contribution in [3.63, 3.8) is 0 Å². The van der Waals surface area contributed by atoms with Gasteiger partial charge in [0.15, 0.2) is 0 Å². The summed E-state index contributed by atoms with van der Waals surface area (Å²) in [5.41, 5.74) is 8.26. The van der Waals surface area contributed by atoms with E-state index in [4.69, 9.17) is 17.3 Å². The van der Waals surface area contributed by atoms with Crippen molar-refractivity contribution in [1.29, 1.82) is 0 Å². The van der Waals surface area contributed by atoms with Crippen LogP contribution in [0, 0.1) is 5.92 Å². The molecule has 0 spiro atoms. The monoisotopic (exact) mass is 280 g/mol. The summed E-state index contributed by atoms with van der Waals surface area (Å²) in [4.78, 5) is 2.47. The summed E-state index contributed by atoms with van der Waals surface area (Å²) in [5, 5.41) is 0.866. The molecule has 1 saturated heterocycles. The van der Waals surface area contributed by atoms with Crippen molar-refractivity contribution < 1.29 is 0 Å². The smallest absolute Gasteiger partial charge is 0.0642 e. The second-order valence-electron chi connectivity index (χ2n) is 6.11. The number of anilines is 1. The highest BCUT2D eigenvalue weighted by Crippen LogP contribution is 2.35. The fourth-order valence-electron chi connectivity index (χ4n) is 3.07. The van der Waals surface area contributed by atoms with Gasteiger partial charge in [0.05, 0.1) is 10.7 Å². The zero-order valence-corrected chi connectivity index (χ0v) is 13.0. The van der Waals surface area contributed by atoms with E-state index in [1.807, 2.05) is 6.92 Å². The van der Waals surface area contributed by atoms with Gasteiger partial charge in [-0.25, -0.2) is 0 Å². The molecule has 2 N–H and O–H groups in total. The first-order chi connectivity index (χ1) is 8.99. The van der Waals surface area contributed by atoms with Gasteiger partial charge >= 0.3 is 0 Å². The average Bonchev–Trinajstić information content (AvgIpc) is 2.77. The Labute approximate surface area is 121 Å². The molecule has 1 aromatic carbocycles. The molecule has 19 heavy (non-hydrogen) atoms. The molecular weight excluding hydrogens is 256 g/mol. The third kappa shape index (κ3) is 3.43. The Morgan fingerprint density at radius 1 is 1.37 bits per heavy atom. The molecule has 0 aliphatic carbocycles. The number of hydrogen-bond donors (Lipinski definition) is 1. The predicted octanol–water partition coefficient (Wildman–Crippen LogP) is 3.85. The Kier molecular flexibility index (Phi) is 4.75. The second-order valence-corrected chi connectivity index (χ2v) is 6.52. The molecule has 2 atom stereocenters. The first-order valence-corrected chi connectivity index (χ1v) is 7.67. The molecule has 2 nitrogen and oxygen atoms in total. The zero-order chi connectivity index (χ0) is 14.0. The largest absolute Gasteiger partial charge is 0.367 e. The first-order valence-electron chi connectivity index (χ1n) is 7.29. The number of hydrogen-bond acceptors (Lipinski definition) is 2. The van der Waals surface area contributed by atoms with Crippen molar-refractivity contribution in [2.45, 2.75) is 52.1 Å². The Bertz CT molecular complexity index is 429. The van der Waals surface area contributed by atoms with Crippen molar-refractivity contribution in [2.75, 3.05) is 11.4 Å². The van der Waals surface area contributed by atoms with Gasteiger partial charge in [-0.1, -0.05) is 31.5 Å². The highest BCUT2D eigenvalue weighted by molar-refractivity contribution is 6.33. The quantitative estimate of drug-likeness (QED) is 0.908. The van der Waals surface area contributed by atoms with Gasteiger partial charge in [0.25, 0.3) is 0 Å². The van der Waals surface area contributed by atoms with Crippen LogP contribution >= 0.6 is 11.6 Å². The average molecular weight is 281 g/mol. The lowest BCUT2D eigenvalue weighted by molar-refractivity contribution is 0.492. The van der Waals surface area contributed by atoms with Gasteiger partial charge in [0, 0.05) is 18.6 Å². The molecule has 1 heterocycles. The Morgan fingerprint density at radius 2 is 2.11 bits per heavy atom. The van der Waals surface area contributed by atoms with Crippen LogP contribution in [0.2, 0.25) is 5.02 Å². The molecule has 106 valence electrons. The fraction of sp³-hybridized carbons (Fsp3) is 0.625. The van der Waals surface area contributed by atoms with Crippen LogP contribution in [-0.4, -0.2) is 18.6 Å². The van der Waals surface area contributed by atoms with Crippen LogP contribution < -0.4 is 10.6 Å². The molecule has 2 unspecified atom stereocenters. The molecule has 0 saturated carbocycles. The molecule has 0 aromatic heterocycles. The van der Waals surface area contributed by atoms with E-state index in [9.17, 15) is 0 Å². The molecular formula is C16H25ClN2. The highest BCUT2D eigenvalue weighted by Gasteiger charge is 2.28. The Morgan fingerprint density at radius 3 is 2.68 bits per heavy atom. The van der Waals surface area contributed by atoms with Gasteiger partial charge < -0.3 is 10.6 Å². The van der Waals surface area contributed by atoms with Crippen LogP contribution in [0.5, 0.6) is 0 Å². The van der Waals surface area contributed by atoms with E-state index in [1.165, 1.54) is 24.1 Å². The number of halogens is 1. The molecule has 1 aliphatic heterocycles. The van der Waals surface area contributed by atoms with Crippen molar-refractivity contribution in [3.8, 4) is 0 Å². The van der Waals surface area contributed by atoms with Crippen LogP contribution in [0.25, 0.3) is 0 Å². The van der Waals surface area contributed by atoms with Crippen LogP contribution in [-0.2, 0) is 6.42 Å². The van der Waals surface area contributed by atoms with Crippen LogP contribution in [0.3, 0.4) is 0 Å². The topological polar surface area (TPSA) is 29.3 Å². The molecule has 0 amide bonds. The summed E-state index contributed by atoms with van der Waals surface area (Å²) in [5.74, 6) is 0.669. The van der Waals surface area contributed by atoms with Crippen molar-refractivity contribution in [3.05, 3.63) is 28.8 Å². The maximum Gasteiger partial charge on any atom is 0.0642 e. The number of nitrogens with two attached hydrogens (primary N) is 1. The van der Waals surface area contributed by atoms with E-state index in [2.05, 4.69) is 36.9 Å². The van der Waals surface area contributed by atoms with Gasteiger partial charge in [-0.05, 0) is 49.8 Å². The van der Waals surface area contributed by atoms with Crippen molar-refractivity contribution in [2.24, 2.45) is 11.7 Å². The van der Waals surface area contributed by atoms with Crippen LogP contribution in [0.4, 0.5) is 5.69 Å². The van der Waals surface area contributed by atoms with E-state index in [0.29, 0.717) is 12.0 Å². The number of nitrogens with zero attached hydrogens (tertiary/aromatic N) is 1. The van der Waals surface area contributed by atoms with E-state index >= 15 is 0 Å². The van der Waals surface area contributed by atoms with E-state index in [-0.39, 0.29) is 6.04 Å². The molecule has 0 bridgehead atoms. The lowest BCUT2D eigenvalue weighted by Gasteiger charge is -2.30. The summed E-state index contributed by atoms with van der Waals surface area (Å²) in [6.45, 7) is 7.73. The summed E-state index contributed by atoms with van der Waals surface area (Å²) >= 11 is 6.48. The zero-order valence-electron chi connectivity index (χ0n) is 12.2. The number of rotatable bonds is 4. The normalized spacial score (nSPS) is 21.2. The summed E-state index contributed by atoms with van der Waals surface area (Å²) in [6.07, 6.45) is 3.42. The van der Waals surface area contributed by atoms with E-state index < -0.39 is 0 Å². The maximum atomic E-state index is 6.48. The second kappa shape index (κ2) is 6.15. The lowest BCUT2D eigenvalue weighted by atomic mass is 10.0. The molecule has 1 aromatic rings. The fourth-order valence-corrected chi connectivity index (χ4v) is 3.38. The number of benzene rings is 1. The summed E-state index contributed by atoms with van der Waals surface area (Å²) in [7, 11) is 0. The molecule has 2 rings (SSSR count). The standard InChI is InChI=1S/C16H25ClN2/c1-11(2)15-5-4-8-19(15)16-7-6-13(9-12(3)18)10-14(16)17/h6-7,10-12,15H,4-5,8-9,18H2,1-3H3. The third-order valence-electron chi connectivity index (χ3n) is 3.95. The molecule has 3 heteroatoms. The Balaban J connectivity index is 2.21. The van der Waals surface area contributed by atoms with Crippen LogP contribution in [0.1, 0.15) is 39.2 Å². The predicted molar refractivity (Wildman–Crippen MR) is 84.0 cm³/mol. The molecule has 1 aliphatic rings. The van der Waals surface area contributed by atoms with Gasteiger partial charge in [-0.2, -0.15) is 0 Å². The van der Waals surface area contributed by atoms with Gasteiger partial charge in [-0.15, -0.1) is 0 Å². The van der Waals surface area contributed by atoms with Crippen LogP contribution in [0.15, 0.2) is 18.2 Å². The first kappa shape index (κ1) is 14.7. The van der Waals surface area contributed by atoms with Crippen molar-refractivity contribution in [1.82, 2.24) is 0 Å². The van der Waals surface area contributed by atoms with Gasteiger partial charge in [-0.3, -0.25) is 0 Å². The SMILES string of the molecule is CC(N)Cc1ccc(N2CCCC2C(C)C)c(Cl)c1. The lowest BCUT2D eigenvalue weighted by Crippen LogP contribution is -2.33. The van der Waals surface area contributed by atoms with Gasteiger partial charge in [0.2, 0.25) is 0 Å². The van der Waals surface area contributed by atoms with Gasteiger partial charge in [0.1, 0.15) is 0 Å². The maximum absolute atomic E-state index is 6.48. The van der Waals surface area contributed by atoms with E-state index in [0.717, 1.165) is 18.0 Å². The highest BCUT2D eigenvalue weighted by atomic mass is 35.5. The molecule has 1 fully saturated rings. The van der Waals surface area contributed by atoms with Crippen molar-refractivity contribution >= 4 is 17.3 Å². The summed E-state index contributed by atoms with van der Waals surface area (Å²) < 4.78 is 0. The summed E-state index contributed by atoms with van der Waals surface area (Å²) in [6, 6.07) is 7.21. The minimum Gasteiger partial charge on any atom is -0.367 e. The minimum absolute atomic E-state index is 0.178.